The summed E-state index contributed by atoms with van der Waals surface area (Å²) in [5.74, 6) is -7.49. The molecular formula is C49H71N13O10. The number of imidazole rings is 1. The van der Waals surface area contributed by atoms with Gasteiger partial charge in [0.15, 0.2) is 5.96 Å². The zero-order valence-corrected chi connectivity index (χ0v) is 41.6. The van der Waals surface area contributed by atoms with Gasteiger partial charge in [-0.05, 0) is 68.2 Å². The number of aliphatic carboxylic acids is 1. The van der Waals surface area contributed by atoms with E-state index in [1.165, 1.54) is 43.4 Å². The number of phenols is 1. The fourth-order valence-electron chi connectivity index (χ4n) is 7.72. The highest BCUT2D eigenvalue weighted by Crippen LogP contribution is 2.22. The molecule has 23 nitrogen and oxygen atoms in total. The molecule has 1 aliphatic rings. The van der Waals surface area contributed by atoms with Crippen molar-refractivity contribution in [2.24, 2.45) is 34.0 Å². The van der Waals surface area contributed by atoms with Crippen molar-refractivity contribution < 1.29 is 48.6 Å². The lowest BCUT2D eigenvalue weighted by Crippen LogP contribution is -2.65. The van der Waals surface area contributed by atoms with Crippen LogP contribution < -0.4 is 49.1 Å². The third-order valence-electron chi connectivity index (χ3n) is 12.3. The molecule has 1 aromatic heterocycles. The average molecular weight is 1000 g/mol. The summed E-state index contributed by atoms with van der Waals surface area (Å²) in [4.78, 5) is 122. The predicted octanol–water partition coefficient (Wildman–Crippen LogP) is -0.770. The molecule has 0 radical (unpaired) electrons. The van der Waals surface area contributed by atoms with Crippen LogP contribution in [0.15, 0.2) is 72.1 Å². The second-order valence-corrected chi connectivity index (χ2v) is 19.0. The second kappa shape index (κ2) is 26.6. The lowest BCUT2D eigenvalue weighted by atomic mass is 9.95. The maximum Gasteiger partial charge on any atom is 0.326 e. The summed E-state index contributed by atoms with van der Waals surface area (Å²) in [6, 6.07) is 6.05. The predicted molar refractivity (Wildman–Crippen MR) is 266 cm³/mol. The van der Waals surface area contributed by atoms with Gasteiger partial charge in [0.05, 0.1) is 11.9 Å². The van der Waals surface area contributed by atoms with Gasteiger partial charge in [0.25, 0.3) is 0 Å². The Morgan fingerprint density at radius 2 is 1.38 bits per heavy atom. The molecular weight excluding hydrogens is 931 g/mol. The van der Waals surface area contributed by atoms with Crippen molar-refractivity contribution in [3.05, 3.63) is 83.9 Å². The first-order chi connectivity index (χ1) is 34.0. The number of aromatic amines is 1. The number of H-pyrrole nitrogens is 1. The molecule has 0 spiro atoms. The van der Waals surface area contributed by atoms with E-state index < -0.39 is 107 Å². The molecule has 2 heterocycles. The van der Waals surface area contributed by atoms with E-state index in [0.29, 0.717) is 23.2 Å². The number of carbonyl (C=O) groups excluding carboxylic acids is 7. The summed E-state index contributed by atoms with van der Waals surface area (Å²) in [6.07, 6.45) is 3.63. The molecule has 3 aromatic rings. The normalized spacial score (nSPS) is 16.2. The Hall–Kier alpha value is -7.56. The van der Waals surface area contributed by atoms with Crippen molar-refractivity contribution in [3.8, 4) is 5.75 Å². The average Bonchev–Trinajstić information content (AvgIpc) is 3.83. The quantitative estimate of drug-likeness (QED) is 0.0254. The third-order valence-corrected chi connectivity index (χ3v) is 12.3. The van der Waals surface area contributed by atoms with Crippen LogP contribution in [0.3, 0.4) is 0 Å². The van der Waals surface area contributed by atoms with Crippen LogP contribution in [0, 0.1) is 11.8 Å². The number of benzene rings is 2. The Labute approximate surface area is 418 Å². The van der Waals surface area contributed by atoms with Crippen molar-refractivity contribution in [3.63, 3.8) is 0 Å². The molecule has 8 atom stereocenters. The molecule has 1 fully saturated rings. The van der Waals surface area contributed by atoms with Crippen LogP contribution in [-0.4, -0.2) is 139 Å². The number of guanidine groups is 1. The van der Waals surface area contributed by atoms with Gasteiger partial charge in [-0.25, -0.2) is 9.78 Å². The van der Waals surface area contributed by atoms with Crippen LogP contribution in [0.5, 0.6) is 5.75 Å². The number of carboxylic acids is 1. The third kappa shape index (κ3) is 17.1. The molecule has 0 aliphatic carbocycles. The molecule has 1 saturated heterocycles. The van der Waals surface area contributed by atoms with Gasteiger partial charge in [-0.2, -0.15) is 0 Å². The summed E-state index contributed by atoms with van der Waals surface area (Å²) in [5.41, 5.74) is 17.2. The smallest absolute Gasteiger partial charge is 0.326 e. The summed E-state index contributed by atoms with van der Waals surface area (Å²) >= 11 is 0. The number of carbonyl (C=O) groups is 8. The van der Waals surface area contributed by atoms with Gasteiger partial charge in [-0.15, -0.1) is 0 Å². The van der Waals surface area contributed by atoms with Gasteiger partial charge in [-0.1, -0.05) is 76.6 Å². The van der Waals surface area contributed by atoms with Crippen molar-refractivity contribution in [2.75, 3.05) is 13.1 Å². The molecule has 0 saturated carbocycles. The number of likely N-dealkylation sites (tertiary alicyclic amines) is 1. The van der Waals surface area contributed by atoms with E-state index in [-0.39, 0.29) is 63.3 Å². The highest BCUT2D eigenvalue weighted by atomic mass is 16.4. The summed E-state index contributed by atoms with van der Waals surface area (Å²) in [5, 5.41) is 36.2. The fourth-order valence-corrected chi connectivity index (χ4v) is 7.72. The van der Waals surface area contributed by atoms with Crippen LogP contribution >= 0.6 is 0 Å². The lowest BCUT2D eigenvalue weighted by Gasteiger charge is -2.42. The van der Waals surface area contributed by atoms with Crippen molar-refractivity contribution >= 4 is 53.3 Å². The molecule has 23 heteroatoms. The SMILES string of the molecule is CCC(C)[C@H](NC(=O)[C@H](Cc1ccc(O)cc1)NC(=O)[C@@H](NC(=O)[C@H](CCCN=C(N)N)NC(=O)C(C)(C)N)C(C)C)C(=O)N[C@@H](Cc1cnc[nH]1)C(=O)N1CC[C@H]1C(=O)N[C@@H](Cc1ccccc1)C(=O)O. The zero-order chi connectivity index (χ0) is 53.3. The Morgan fingerprint density at radius 1 is 0.778 bits per heavy atom. The number of nitrogens with zero attached hydrogens (tertiary/aromatic N) is 3. The van der Waals surface area contributed by atoms with E-state index >= 15 is 0 Å². The first kappa shape index (κ1) is 57.0. The molecule has 4 rings (SSSR count). The number of phenolic OH excluding ortho intramolecular Hbond substituents is 1. The van der Waals surface area contributed by atoms with E-state index in [0.717, 1.165) is 0 Å². The van der Waals surface area contributed by atoms with Crippen molar-refractivity contribution in [2.45, 2.75) is 134 Å². The standard InChI is InChI=1S/C49H71N13O10/c1-7-28(4)39(44(68)57-35(24-31-25-53-26-55-31)45(69)62-21-19-37(62)42(66)58-36(46(70)71)23-29-12-9-8-10-13-29)61-41(65)34(22-30-15-17-32(63)18-16-30)56-43(67)38(27(2)3)60-40(64)33(14-11-20-54-48(50)51)59-47(72)49(5,6)52/h8-10,12-13,15-18,25-28,33-39,63H,7,11,14,19-24,52H2,1-6H3,(H,53,55)(H,56,67)(H,57,68)(H,58,66)(H,59,72)(H,60,64)(H,61,65)(H,70,71)(H4,50,51,54)/t28?,33-,34-,35-,36-,37-,38-,39-/m0/s1. The molecule has 1 unspecified atom stereocenters. The molecule has 392 valence electrons. The van der Waals surface area contributed by atoms with Gasteiger partial charge in [0.2, 0.25) is 41.4 Å². The van der Waals surface area contributed by atoms with Gasteiger partial charge in [0.1, 0.15) is 48.0 Å². The highest BCUT2D eigenvalue weighted by molar-refractivity contribution is 5.98. The maximum atomic E-state index is 14.5. The van der Waals surface area contributed by atoms with Crippen LogP contribution in [0.1, 0.15) is 84.0 Å². The number of aliphatic imine (C=N–C) groups is 1. The molecule has 1 aliphatic heterocycles. The number of aromatic nitrogens is 2. The van der Waals surface area contributed by atoms with Crippen LogP contribution in [0.25, 0.3) is 0 Å². The minimum Gasteiger partial charge on any atom is -0.508 e. The topological polar surface area (TPSA) is 372 Å². The number of amides is 7. The number of hydrogen-bond donors (Lipinski definition) is 12. The number of carboxylic acid groups (broad SMARTS) is 1. The first-order valence-electron chi connectivity index (χ1n) is 24.0. The van der Waals surface area contributed by atoms with Gasteiger partial charge in [-0.3, -0.25) is 38.6 Å². The van der Waals surface area contributed by atoms with Crippen molar-refractivity contribution in [1.82, 2.24) is 46.8 Å². The molecule has 72 heavy (non-hydrogen) atoms. The number of hydrogen-bond acceptors (Lipinski definition) is 12. The summed E-state index contributed by atoms with van der Waals surface area (Å²) < 4.78 is 0. The van der Waals surface area contributed by atoms with E-state index in [1.54, 1.807) is 70.2 Å². The van der Waals surface area contributed by atoms with E-state index in [1.807, 2.05) is 0 Å². The monoisotopic (exact) mass is 1000 g/mol. The Kier molecular flexibility index (Phi) is 21.1. The summed E-state index contributed by atoms with van der Waals surface area (Å²) in [7, 11) is 0. The molecule has 15 N–H and O–H groups in total. The lowest BCUT2D eigenvalue weighted by molar-refractivity contribution is -0.151. The van der Waals surface area contributed by atoms with E-state index in [2.05, 4.69) is 46.9 Å². The van der Waals surface area contributed by atoms with E-state index in [4.69, 9.17) is 17.2 Å². The first-order valence-corrected chi connectivity index (χ1v) is 24.0. The van der Waals surface area contributed by atoms with Crippen LogP contribution in [-0.2, 0) is 57.6 Å². The molecule has 2 aromatic carbocycles. The Balaban J connectivity index is 1.57. The largest absolute Gasteiger partial charge is 0.508 e. The number of rotatable bonds is 27. The van der Waals surface area contributed by atoms with Crippen molar-refractivity contribution in [1.29, 1.82) is 0 Å². The van der Waals surface area contributed by atoms with Gasteiger partial charge >= 0.3 is 5.97 Å². The minimum absolute atomic E-state index is 0.0114. The van der Waals surface area contributed by atoms with E-state index in [9.17, 15) is 48.6 Å². The number of aromatic hydroxyl groups is 1. The molecule has 7 amide bonds. The number of nitrogens with two attached hydrogens (primary N) is 3. The zero-order valence-electron chi connectivity index (χ0n) is 41.6. The highest BCUT2D eigenvalue weighted by Gasteiger charge is 2.43. The maximum absolute atomic E-state index is 14.5. The van der Waals surface area contributed by atoms with Crippen LogP contribution in [0.2, 0.25) is 0 Å². The summed E-state index contributed by atoms with van der Waals surface area (Å²) in [6.45, 7) is 10.1. The number of nitrogens with one attached hydrogen (secondary N) is 7. The molecule has 0 bridgehead atoms. The second-order valence-electron chi connectivity index (χ2n) is 19.0. The Bertz CT molecular complexity index is 2350. The fraction of sp³-hybridized carbons (Fsp3) is 0.510. The Morgan fingerprint density at radius 3 is 1.93 bits per heavy atom. The van der Waals surface area contributed by atoms with Crippen LogP contribution in [0.4, 0.5) is 0 Å². The minimum atomic E-state index is -1.37. The van der Waals surface area contributed by atoms with Gasteiger partial charge < -0.3 is 69.2 Å². The van der Waals surface area contributed by atoms with Gasteiger partial charge in [0, 0.05) is 44.2 Å².